The molecule has 2 aromatic carbocycles. The van der Waals surface area contributed by atoms with Crippen molar-refractivity contribution in [2.24, 2.45) is 0 Å². The summed E-state index contributed by atoms with van der Waals surface area (Å²) in [5.41, 5.74) is 4.70. The second-order valence-electron chi connectivity index (χ2n) is 7.74. The molecule has 3 aromatic heterocycles. The van der Waals surface area contributed by atoms with Gasteiger partial charge >= 0.3 is 7.60 Å². The van der Waals surface area contributed by atoms with Crippen molar-refractivity contribution >= 4 is 52.1 Å². The molecular weight excluding hydrogens is 469 g/mol. The normalized spacial score (nSPS) is 12.2. The van der Waals surface area contributed by atoms with Crippen LogP contribution in [0.1, 0.15) is 13.8 Å². The predicted molar refractivity (Wildman–Crippen MR) is 142 cm³/mol. The van der Waals surface area contributed by atoms with Crippen LogP contribution in [0, 0.1) is 0 Å². The van der Waals surface area contributed by atoms with E-state index in [9.17, 15) is 4.57 Å². The third kappa shape index (κ3) is 4.46. The molecule has 0 saturated carbocycles. The van der Waals surface area contributed by atoms with Gasteiger partial charge in [-0.2, -0.15) is 0 Å². The summed E-state index contributed by atoms with van der Waals surface area (Å²) in [7, 11) is -3.13. The highest BCUT2D eigenvalue weighted by Gasteiger charge is 2.24. The van der Waals surface area contributed by atoms with Gasteiger partial charge in [0.2, 0.25) is 0 Å². The maximum atomic E-state index is 13.1. The van der Waals surface area contributed by atoms with Crippen molar-refractivity contribution < 1.29 is 13.6 Å². The molecule has 5 aromatic rings. The molecule has 0 saturated heterocycles. The Balaban J connectivity index is 1.65. The average molecular weight is 496 g/mol. The molecule has 0 bridgehead atoms. The molecule has 0 aliphatic carbocycles. The molecule has 33 heavy (non-hydrogen) atoms. The molecule has 4 nitrogen and oxygen atoms in total. The lowest BCUT2D eigenvalue weighted by atomic mass is 10.1. The van der Waals surface area contributed by atoms with E-state index in [4.69, 9.17) is 9.05 Å². The molecule has 0 radical (unpaired) electrons. The molecule has 0 N–H and O–H groups in total. The molecule has 0 amide bonds. The summed E-state index contributed by atoms with van der Waals surface area (Å²) < 4.78 is 26.5. The van der Waals surface area contributed by atoms with E-state index in [0.717, 1.165) is 11.0 Å². The summed E-state index contributed by atoms with van der Waals surface area (Å²) in [6, 6.07) is 21.8. The molecule has 0 aliphatic heterocycles. The van der Waals surface area contributed by atoms with Gasteiger partial charge in [-0.15, -0.1) is 22.7 Å². The summed E-state index contributed by atoms with van der Waals surface area (Å²) in [4.78, 5) is 2.51. The van der Waals surface area contributed by atoms with Gasteiger partial charge in [-0.05, 0) is 72.1 Å². The third-order valence-corrected chi connectivity index (χ3v) is 9.61. The van der Waals surface area contributed by atoms with Crippen molar-refractivity contribution in [1.82, 2.24) is 4.57 Å². The first-order valence-electron chi connectivity index (χ1n) is 11.1. The maximum absolute atomic E-state index is 13.1. The van der Waals surface area contributed by atoms with Gasteiger partial charge in [-0.3, -0.25) is 4.57 Å². The number of rotatable bonds is 9. The lowest BCUT2D eigenvalue weighted by Crippen LogP contribution is -2.07. The van der Waals surface area contributed by atoms with Crippen molar-refractivity contribution in [3.63, 3.8) is 0 Å². The fourth-order valence-electron chi connectivity index (χ4n) is 4.32. The fraction of sp³-hybridized carbons (Fsp3) is 0.231. The summed E-state index contributed by atoms with van der Waals surface area (Å²) in [6.07, 6.45) is 0.340. The van der Waals surface area contributed by atoms with Gasteiger partial charge in [0, 0.05) is 38.1 Å². The zero-order valence-electron chi connectivity index (χ0n) is 18.7. The second-order valence-corrected chi connectivity index (χ2v) is 11.8. The van der Waals surface area contributed by atoms with E-state index in [1.165, 1.54) is 31.7 Å². The third-order valence-electron chi connectivity index (χ3n) is 5.73. The number of nitrogens with zero attached hydrogens (tertiary/aromatic N) is 1. The molecule has 0 unspecified atom stereocenters. The Kier molecular flexibility index (Phi) is 6.55. The first-order chi connectivity index (χ1) is 16.1. The molecule has 0 spiro atoms. The van der Waals surface area contributed by atoms with Crippen LogP contribution in [0.25, 0.3) is 42.7 Å². The number of thiophene rings is 2. The van der Waals surface area contributed by atoms with Gasteiger partial charge in [-0.1, -0.05) is 24.3 Å². The highest BCUT2D eigenvalue weighted by molar-refractivity contribution is 7.53. The molecule has 5 rings (SSSR count). The van der Waals surface area contributed by atoms with Crippen molar-refractivity contribution in [3.8, 4) is 20.9 Å². The Labute approximate surface area is 201 Å². The Morgan fingerprint density at radius 3 is 1.73 bits per heavy atom. The molecule has 0 fully saturated rings. The molecular formula is C26H26NO3PS2. The largest absolute Gasteiger partial charge is 0.340 e. The zero-order valence-corrected chi connectivity index (χ0v) is 21.2. The number of hydrogen-bond donors (Lipinski definition) is 0. The Morgan fingerprint density at radius 2 is 1.30 bits per heavy atom. The van der Waals surface area contributed by atoms with E-state index in [1.54, 1.807) is 22.7 Å². The van der Waals surface area contributed by atoms with Crippen LogP contribution in [0.4, 0.5) is 0 Å². The van der Waals surface area contributed by atoms with Crippen molar-refractivity contribution in [3.05, 3.63) is 71.4 Å². The molecule has 0 atom stereocenters. The number of benzene rings is 2. The SMILES string of the molecule is CCOP(=O)(CCn1c2ccc(-c3cccs3)cc2c2cc(-c3cccs3)ccc21)OCC. The summed E-state index contributed by atoms with van der Waals surface area (Å²) in [5, 5.41) is 6.63. The predicted octanol–water partition coefficient (Wildman–Crippen LogP) is 8.52. The van der Waals surface area contributed by atoms with Crippen LogP contribution in [-0.4, -0.2) is 23.9 Å². The number of aryl methyl sites for hydroxylation is 1. The van der Waals surface area contributed by atoms with Crippen molar-refractivity contribution in [2.45, 2.75) is 20.4 Å². The smallest absolute Gasteiger partial charge is 0.332 e. The quantitative estimate of drug-likeness (QED) is 0.192. The van der Waals surface area contributed by atoms with Crippen LogP contribution in [0.3, 0.4) is 0 Å². The first-order valence-corrected chi connectivity index (χ1v) is 14.6. The van der Waals surface area contributed by atoms with Crippen LogP contribution in [0.15, 0.2) is 71.4 Å². The molecule has 0 aliphatic rings. The Morgan fingerprint density at radius 1 is 0.788 bits per heavy atom. The standard InChI is InChI=1S/C26H26NO3PS2/c1-3-29-31(28,30-4-2)14-13-27-23-11-9-19(25-7-5-15-32-25)17-21(23)22-18-20(10-12-24(22)27)26-8-6-16-33-26/h5-12,15-18H,3-4,13-14H2,1-2H3. The molecule has 7 heteroatoms. The van der Waals surface area contributed by atoms with Gasteiger partial charge < -0.3 is 13.6 Å². The van der Waals surface area contributed by atoms with E-state index >= 15 is 0 Å². The number of fused-ring (bicyclic) bond motifs is 3. The first kappa shape index (κ1) is 22.6. The summed E-state index contributed by atoms with van der Waals surface area (Å²) in [6.45, 7) is 5.01. The van der Waals surface area contributed by atoms with Crippen LogP contribution < -0.4 is 0 Å². The van der Waals surface area contributed by atoms with Gasteiger partial charge in [0.05, 0.1) is 19.4 Å². The maximum Gasteiger partial charge on any atom is 0.332 e. The minimum absolute atomic E-state index is 0.340. The summed E-state index contributed by atoms with van der Waals surface area (Å²) in [5.74, 6) is 0. The van der Waals surface area contributed by atoms with Crippen LogP contribution in [-0.2, 0) is 20.2 Å². The Bertz CT molecular complexity index is 1320. The lowest BCUT2D eigenvalue weighted by Gasteiger charge is -2.18. The highest BCUT2D eigenvalue weighted by atomic mass is 32.1. The summed E-state index contributed by atoms with van der Waals surface area (Å²) >= 11 is 3.49. The number of hydrogen-bond acceptors (Lipinski definition) is 5. The van der Waals surface area contributed by atoms with Crippen LogP contribution >= 0.6 is 30.3 Å². The number of aromatic nitrogens is 1. The van der Waals surface area contributed by atoms with Gasteiger partial charge in [-0.25, -0.2) is 0 Å². The van der Waals surface area contributed by atoms with Gasteiger partial charge in [0.15, 0.2) is 0 Å². The molecule has 3 heterocycles. The van der Waals surface area contributed by atoms with Crippen LogP contribution in [0.5, 0.6) is 0 Å². The minimum atomic E-state index is -3.13. The molecule has 170 valence electrons. The van der Waals surface area contributed by atoms with E-state index in [2.05, 4.69) is 76.0 Å². The monoisotopic (exact) mass is 495 g/mol. The van der Waals surface area contributed by atoms with E-state index in [1.807, 2.05) is 13.8 Å². The van der Waals surface area contributed by atoms with Gasteiger partial charge in [0.25, 0.3) is 0 Å². The van der Waals surface area contributed by atoms with Gasteiger partial charge in [0.1, 0.15) is 0 Å². The highest BCUT2D eigenvalue weighted by Crippen LogP contribution is 2.48. The minimum Gasteiger partial charge on any atom is -0.340 e. The van der Waals surface area contributed by atoms with Crippen molar-refractivity contribution in [1.29, 1.82) is 0 Å². The second kappa shape index (κ2) is 9.57. The lowest BCUT2D eigenvalue weighted by molar-refractivity contribution is 0.219. The van der Waals surface area contributed by atoms with Crippen molar-refractivity contribution in [2.75, 3.05) is 19.4 Å². The van der Waals surface area contributed by atoms with E-state index < -0.39 is 7.60 Å². The van der Waals surface area contributed by atoms with E-state index in [0.29, 0.717) is 25.9 Å². The fourth-order valence-corrected chi connectivity index (χ4v) is 7.33. The van der Waals surface area contributed by atoms with E-state index in [-0.39, 0.29) is 0 Å². The zero-order chi connectivity index (χ0) is 22.8. The average Bonchev–Trinajstić information content (AvgIpc) is 3.58. The Hall–Kier alpha value is -2.21. The van der Waals surface area contributed by atoms with Crippen LogP contribution in [0.2, 0.25) is 0 Å². The topological polar surface area (TPSA) is 40.5 Å².